The van der Waals surface area contributed by atoms with E-state index in [0.717, 1.165) is 0 Å². The van der Waals surface area contributed by atoms with E-state index in [4.69, 9.17) is 0 Å². The summed E-state index contributed by atoms with van der Waals surface area (Å²) in [6.45, 7) is 0. The van der Waals surface area contributed by atoms with Gasteiger partial charge in [-0.1, -0.05) is 97.1 Å². The third-order valence-corrected chi connectivity index (χ3v) is 8.60. The summed E-state index contributed by atoms with van der Waals surface area (Å²) >= 11 is 1.91. The summed E-state index contributed by atoms with van der Waals surface area (Å²) in [7, 11) is 0. The zero-order chi connectivity index (χ0) is 23.6. The Kier molecular flexibility index (Phi) is 4.16. The summed E-state index contributed by atoms with van der Waals surface area (Å²) in [6.07, 6.45) is 0. The van der Waals surface area contributed by atoms with Crippen molar-refractivity contribution in [1.82, 2.24) is 4.98 Å². The maximum absolute atomic E-state index is 3.80. The summed E-state index contributed by atoms with van der Waals surface area (Å²) in [6, 6.07) is 44.0. The minimum absolute atomic E-state index is 1.18. The lowest BCUT2D eigenvalue weighted by molar-refractivity contribution is 1.56. The molecule has 0 amide bonds. The summed E-state index contributed by atoms with van der Waals surface area (Å²) in [5.41, 5.74) is 7.40. The fourth-order valence-electron chi connectivity index (χ4n) is 5.71. The molecular formula is C34H21NS. The van der Waals surface area contributed by atoms with Gasteiger partial charge in [-0.3, -0.25) is 0 Å². The largest absolute Gasteiger partial charge is 0.354 e. The van der Waals surface area contributed by atoms with Crippen LogP contribution in [0.25, 0.3) is 75.0 Å². The van der Waals surface area contributed by atoms with Crippen molar-refractivity contribution in [2.24, 2.45) is 0 Å². The Labute approximate surface area is 212 Å². The van der Waals surface area contributed by atoms with Gasteiger partial charge in [0, 0.05) is 47.2 Å². The van der Waals surface area contributed by atoms with Crippen LogP contribution in [0, 0.1) is 0 Å². The average Bonchev–Trinajstić information content (AvgIpc) is 3.52. The lowest BCUT2D eigenvalue weighted by atomic mass is 9.96. The van der Waals surface area contributed by atoms with Crippen molar-refractivity contribution >= 4 is 64.1 Å². The van der Waals surface area contributed by atoms with Crippen molar-refractivity contribution < 1.29 is 0 Å². The van der Waals surface area contributed by atoms with E-state index in [1.807, 2.05) is 11.3 Å². The van der Waals surface area contributed by atoms with Gasteiger partial charge in [-0.2, -0.15) is 0 Å². The number of nitrogens with one attached hydrogen (secondary N) is 1. The highest BCUT2D eigenvalue weighted by molar-refractivity contribution is 7.27. The van der Waals surface area contributed by atoms with E-state index in [9.17, 15) is 0 Å². The van der Waals surface area contributed by atoms with E-state index in [-0.39, 0.29) is 0 Å². The first kappa shape index (κ1) is 19.9. The normalized spacial score (nSPS) is 11.9. The molecule has 168 valence electrons. The van der Waals surface area contributed by atoms with Gasteiger partial charge in [0.25, 0.3) is 0 Å². The van der Waals surface area contributed by atoms with E-state index < -0.39 is 0 Å². The summed E-state index contributed by atoms with van der Waals surface area (Å²) < 4.78 is 2.69. The first-order chi connectivity index (χ1) is 17.8. The zero-order valence-electron chi connectivity index (χ0n) is 19.5. The highest BCUT2D eigenvalue weighted by Crippen LogP contribution is 2.47. The third-order valence-electron chi connectivity index (χ3n) is 7.39. The summed E-state index contributed by atoms with van der Waals surface area (Å²) in [5, 5.41) is 7.90. The number of aromatic nitrogens is 1. The second kappa shape index (κ2) is 7.55. The van der Waals surface area contributed by atoms with Crippen molar-refractivity contribution in [1.29, 1.82) is 0 Å². The van der Waals surface area contributed by atoms with E-state index in [1.54, 1.807) is 0 Å². The molecule has 0 bridgehead atoms. The fraction of sp³-hybridized carbons (Fsp3) is 0. The quantitative estimate of drug-likeness (QED) is 0.256. The number of benzene rings is 6. The van der Waals surface area contributed by atoms with Crippen LogP contribution in [0.4, 0.5) is 0 Å². The molecule has 6 aromatic carbocycles. The molecule has 0 atom stereocenters. The molecule has 0 unspecified atom stereocenters. The van der Waals surface area contributed by atoms with E-state index >= 15 is 0 Å². The van der Waals surface area contributed by atoms with Gasteiger partial charge >= 0.3 is 0 Å². The minimum atomic E-state index is 1.18. The molecule has 8 aromatic rings. The molecule has 0 fully saturated rings. The van der Waals surface area contributed by atoms with Crippen molar-refractivity contribution in [2.75, 3.05) is 0 Å². The second-order valence-electron chi connectivity index (χ2n) is 9.43. The van der Waals surface area contributed by atoms with E-state index in [1.165, 1.54) is 75.0 Å². The Morgan fingerprint density at radius 1 is 0.444 bits per heavy atom. The molecule has 8 rings (SSSR count). The zero-order valence-corrected chi connectivity index (χ0v) is 20.3. The monoisotopic (exact) mass is 475 g/mol. The SMILES string of the molecule is c1ccc(-c2ccc3[nH]c4c5ccccc5c5sc6ccc(-c7ccccc7)cc6c5c4c3c2)cc1. The van der Waals surface area contributed by atoms with Crippen LogP contribution in [0.1, 0.15) is 0 Å². The number of fused-ring (bicyclic) bond motifs is 10. The van der Waals surface area contributed by atoms with Gasteiger partial charge in [0.05, 0.1) is 5.52 Å². The fourth-order valence-corrected chi connectivity index (χ4v) is 6.94. The second-order valence-corrected chi connectivity index (χ2v) is 10.5. The van der Waals surface area contributed by atoms with Crippen LogP contribution in [0.2, 0.25) is 0 Å². The van der Waals surface area contributed by atoms with Crippen LogP contribution >= 0.6 is 11.3 Å². The first-order valence-electron chi connectivity index (χ1n) is 12.3. The smallest absolute Gasteiger partial charge is 0.0551 e. The highest BCUT2D eigenvalue weighted by atomic mass is 32.1. The summed E-state index contributed by atoms with van der Waals surface area (Å²) in [4.78, 5) is 3.80. The van der Waals surface area contributed by atoms with Gasteiger partial charge in [0.1, 0.15) is 0 Å². The Morgan fingerprint density at radius 3 is 1.78 bits per heavy atom. The Balaban J connectivity index is 1.56. The average molecular weight is 476 g/mol. The van der Waals surface area contributed by atoms with Crippen molar-refractivity contribution in [2.45, 2.75) is 0 Å². The van der Waals surface area contributed by atoms with Gasteiger partial charge in [0.15, 0.2) is 0 Å². The van der Waals surface area contributed by atoms with Crippen LogP contribution in [0.5, 0.6) is 0 Å². The van der Waals surface area contributed by atoms with Crippen LogP contribution in [-0.2, 0) is 0 Å². The standard InChI is InChI=1S/C34H21NS/c1-3-9-21(10-4-1)23-15-17-29-27(19-23)31-32-28-20-24(22-11-5-2-6-12-22)16-18-30(28)36-34(32)26-14-8-7-13-25(26)33(31)35-29/h1-20,35H. The molecule has 1 N–H and O–H groups in total. The molecule has 1 nitrogen and oxygen atoms in total. The predicted octanol–water partition coefficient (Wildman–Crippen LogP) is 10.2. The highest BCUT2D eigenvalue weighted by Gasteiger charge is 2.18. The number of hydrogen-bond acceptors (Lipinski definition) is 1. The van der Waals surface area contributed by atoms with Gasteiger partial charge < -0.3 is 4.98 Å². The minimum Gasteiger partial charge on any atom is -0.354 e. The third kappa shape index (κ3) is 2.82. The summed E-state index contributed by atoms with van der Waals surface area (Å²) in [5.74, 6) is 0. The number of hydrogen-bond donors (Lipinski definition) is 1. The van der Waals surface area contributed by atoms with Gasteiger partial charge in [0.2, 0.25) is 0 Å². The molecule has 0 aliphatic heterocycles. The van der Waals surface area contributed by atoms with Crippen LogP contribution in [-0.4, -0.2) is 4.98 Å². The number of rotatable bonds is 2. The van der Waals surface area contributed by atoms with Crippen molar-refractivity contribution in [3.05, 3.63) is 121 Å². The van der Waals surface area contributed by atoms with Crippen molar-refractivity contribution in [3.8, 4) is 22.3 Å². The Hall–Kier alpha value is -4.40. The molecule has 2 heteroatoms. The Morgan fingerprint density at radius 2 is 1.06 bits per heavy atom. The van der Waals surface area contributed by atoms with Crippen molar-refractivity contribution in [3.63, 3.8) is 0 Å². The first-order valence-corrected chi connectivity index (χ1v) is 13.1. The molecule has 0 aliphatic carbocycles. The molecule has 36 heavy (non-hydrogen) atoms. The molecule has 2 aromatic heterocycles. The van der Waals surface area contributed by atoms with Crippen LogP contribution in [0.15, 0.2) is 121 Å². The molecule has 0 aliphatic rings. The molecule has 0 saturated carbocycles. The van der Waals surface area contributed by atoms with Gasteiger partial charge in [-0.15, -0.1) is 11.3 Å². The Bertz CT molecular complexity index is 1930. The molecule has 0 saturated heterocycles. The predicted molar refractivity (Wildman–Crippen MR) is 157 cm³/mol. The molecule has 0 radical (unpaired) electrons. The van der Waals surface area contributed by atoms with Crippen LogP contribution in [0.3, 0.4) is 0 Å². The van der Waals surface area contributed by atoms with Crippen LogP contribution < -0.4 is 0 Å². The maximum atomic E-state index is 3.80. The topological polar surface area (TPSA) is 15.8 Å². The number of aromatic amines is 1. The molecular weight excluding hydrogens is 454 g/mol. The maximum Gasteiger partial charge on any atom is 0.0551 e. The number of thiophene rings is 1. The lowest BCUT2D eigenvalue weighted by Gasteiger charge is -2.06. The van der Waals surface area contributed by atoms with Gasteiger partial charge in [-0.05, 0) is 46.5 Å². The van der Waals surface area contributed by atoms with E-state index in [0.29, 0.717) is 0 Å². The van der Waals surface area contributed by atoms with Gasteiger partial charge in [-0.25, -0.2) is 0 Å². The molecule has 0 spiro atoms. The molecule has 2 heterocycles. The lowest BCUT2D eigenvalue weighted by Crippen LogP contribution is -1.80. The number of H-pyrrole nitrogens is 1. The van der Waals surface area contributed by atoms with E-state index in [2.05, 4.69) is 126 Å².